The molecule has 9 atom stereocenters. The molecule has 3 nitrogen and oxygen atoms in total. The summed E-state index contributed by atoms with van der Waals surface area (Å²) >= 11 is 3.63. The first-order chi connectivity index (χ1) is 15.7. The number of fused-ring (bicyclic) bond motifs is 7. The SMILES string of the molecule is CC(=O)O[C@H]1CC[C@@]2(C)C(=CC[C@H]3[C@@H]4C[C@@H]5OC(CC[C@@H](C)CBr)=C(C)[C@@H]5[C@@]4(C)CC[C@@H]32)C1. The van der Waals surface area contributed by atoms with Gasteiger partial charge in [-0.1, -0.05) is 48.4 Å². The van der Waals surface area contributed by atoms with Crippen molar-refractivity contribution in [1.29, 1.82) is 0 Å². The Bertz CT molecular complexity index is 861. The molecule has 3 fully saturated rings. The van der Waals surface area contributed by atoms with E-state index in [-0.39, 0.29) is 12.1 Å². The van der Waals surface area contributed by atoms with Crippen LogP contribution in [-0.2, 0) is 14.3 Å². The van der Waals surface area contributed by atoms with E-state index in [1.165, 1.54) is 44.3 Å². The Morgan fingerprint density at radius 3 is 2.79 bits per heavy atom. The summed E-state index contributed by atoms with van der Waals surface area (Å²) < 4.78 is 12.3. The second kappa shape index (κ2) is 8.71. The summed E-state index contributed by atoms with van der Waals surface area (Å²) in [4.78, 5) is 11.5. The van der Waals surface area contributed by atoms with Crippen LogP contribution >= 0.6 is 15.9 Å². The smallest absolute Gasteiger partial charge is 0.302 e. The molecular formula is C29H43BrO3. The van der Waals surface area contributed by atoms with Crippen molar-refractivity contribution >= 4 is 21.9 Å². The number of allylic oxidation sites excluding steroid dienone is 2. The molecule has 1 aliphatic heterocycles. The maximum Gasteiger partial charge on any atom is 0.302 e. The maximum atomic E-state index is 11.5. The molecule has 184 valence electrons. The van der Waals surface area contributed by atoms with E-state index in [4.69, 9.17) is 9.47 Å². The van der Waals surface area contributed by atoms with Crippen molar-refractivity contribution < 1.29 is 14.3 Å². The molecule has 0 aromatic rings. The molecule has 0 N–H and O–H groups in total. The summed E-state index contributed by atoms with van der Waals surface area (Å²) in [6.45, 7) is 11.4. The fourth-order valence-corrected chi connectivity index (χ4v) is 9.32. The van der Waals surface area contributed by atoms with Crippen LogP contribution in [0.25, 0.3) is 0 Å². The van der Waals surface area contributed by atoms with Gasteiger partial charge in [0.2, 0.25) is 0 Å². The Hall–Kier alpha value is -0.770. The minimum Gasteiger partial charge on any atom is -0.494 e. The first kappa shape index (κ1) is 23.9. The number of halogens is 1. The van der Waals surface area contributed by atoms with Crippen molar-refractivity contribution in [3.05, 3.63) is 23.0 Å². The standard InChI is InChI=1S/C29H43BrO3/c1-17(16-30)6-9-25-18(2)27-26(33-25)15-24-22-8-7-20-14-21(32-19(3)31)10-12-28(20,4)23(22)11-13-29(24,27)5/h7,17,21-24,26-27H,6,8-16H2,1-5H3/t17-,21+,22-,23+,24+,26+,27+,28+,29+/m1/s1. The average Bonchev–Trinajstić information content (AvgIpc) is 3.25. The molecule has 5 aliphatic rings. The van der Waals surface area contributed by atoms with Gasteiger partial charge in [0.1, 0.15) is 12.2 Å². The van der Waals surface area contributed by atoms with Gasteiger partial charge in [0.05, 0.1) is 5.76 Å². The van der Waals surface area contributed by atoms with Crippen LogP contribution in [0.4, 0.5) is 0 Å². The summed E-state index contributed by atoms with van der Waals surface area (Å²) in [6, 6.07) is 0. The maximum absolute atomic E-state index is 11.5. The third kappa shape index (κ3) is 3.85. The predicted molar refractivity (Wildman–Crippen MR) is 136 cm³/mol. The van der Waals surface area contributed by atoms with E-state index in [2.05, 4.69) is 49.7 Å². The summed E-state index contributed by atoms with van der Waals surface area (Å²) in [5.74, 6) is 4.83. The van der Waals surface area contributed by atoms with Crippen LogP contribution in [0.1, 0.15) is 92.4 Å². The highest BCUT2D eigenvalue weighted by Gasteiger charge is 2.63. The van der Waals surface area contributed by atoms with Crippen LogP contribution in [0.2, 0.25) is 0 Å². The molecular weight excluding hydrogens is 476 g/mol. The molecule has 0 bridgehead atoms. The van der Waals surface area contributed by atoms with Crippen molar-refractivity contribution in [2.75, 3.05) is 5.33 Å². The molecule has 0 spiro atoms. The van der Waals surface area contributed by atoms with Crippen molar-refractivity contribution in [2.24, 2.45) is 40.4 Å². The zero-order valence-corrected chi connectivity index (χ0v) is 22.9. The Labute approximate surface area is 209 Å². The molecule has 0 aromatic carbocycles. The Balaban J connectivity index is 1.35. The van der Waals surface area contributed by atoms with Crippen molar-refractivity contribution in [3.8, 4) is 0 Å². The van der Waals surface area contributed by atoms with E-state index in [1.807, 2.05) is 0 Å². The van der Waals surface area contributed by atoms with Gasteiger partial charge < -0.3 is 9.47 Å². The van der Waals surface area contributed by atoms with Crippen LogP contribution < -0.4 is 0 Å². The molecule has 0 radical (unpaired) electrons. The summed E-state index contributed by atoms with van der Waals surface area (Å²) in [6.07, 6.45) is 13.6. The molecule has 1 heterocycles. The molecule has 0 unspecified atom stereocenters. The highest BCUT2D eigenvalue weighted by molar-refractivity contribution is 9.09. The first-order valence-corrected chi connectivity index (χ1v) is 14.6. The Morgan fingerprint density at radius 1 is 1.27 bits per heavy atom. The van der Waals surface area contributed by atoms with E-state index in [0.717, 1.165) is 42.3 Å². The number of carbonyl (C=O) groups excluding carboxylic acids is 1. The van der Waals surface area contributed by atoms with Gasteiger partial charge in [0, 0.05) is 31.0 Å². The number of hydrogen-bond donors (Lipinski definition) is 0. The molecule has 3 saturated carbocycles. The van der Waals surface area contributed by atoms with Crippen LogP contribution in [0, 0.1) is 40.4 Å². The molecule has 4 heteroatoms. The van der Waals surface area contributed by atoms with E-state index in [1.54, 1.807) is 18.1 Å². The minimum atomic E-state index is -0.131. The number of esters is 1. The number of ether oxygens (including phenoxy) is 2. The van der Waals surface area contributed by atoms with Gasteiger partial charge in [-0.15, -0.1) is 0 Å². The third-order valence-corrected chi connectivity index (χ3v) is 11.8. The molecule has 4 aliphatic carbocycles. The average molecular weight is 520 g/mol. The lowest BCUT2D eigenvalue weighted by Gasteiger charge is -2.58. The quantitative estimate of drug-likeness (QED) is 0.213. The van der Waals surface area contributed by atoms with E-state index < -0.39 is 0 Å². The second-order valence-corrected chi connectivity index (χ2v) is 13.2. The Kier molecular flexibility index (Phi) is 6.32. The number of alkyl halides is 1. The van der Waals surface area contributed by atoms with Gasteiger partial charge in [-0.25, -0.2) is 0 Å². The van der Waals surface area contributed by atoms with Gasteiger partial charge in [-0.3, -0.25) is 4.79 Å². The molecule has 5 rings (SSSR count). The van der Waals surface area contributed by atoms with E-state index in [9.17, 15) is 4.79 Å². The van der Waals surface area contributed by atoms with Crippen molar-refractivity contribution in [2.45, 2.75) is 105 Å². The van der Waals surface area contributed by atoms with E-state index >= 15 is 0 Å². The summed E-state index contributed by atoms with van der Waals surface area (Å²) in [5, 5.41) is 1.07. The summed E-state index contributed by atoms with van der Waals surface area (Å²) in [5.41, 5.74) is 3.83. The van der Waals surface area contributed by atoms with Gasteiger partial charge in [-0.05, 0) is 91.9 Å². The minimum absolute atomic E-state index is 0.0879. The van der Waals surface area contributed by atoms with Crippen molar-refractivity contribution in [3.63, 3.8) is 0 Å². The number of carbonyl (C=O) groups is 1. The lowest BCUT2D eigenvalue weighted by atomic mass is 9.47. The topological polar surface area (TPSA) is 35.5 Å². The Morgan fingerprint density at radius 2 is 2.06 bits per heavy atom. The van der Waals surface area contributed by atoms with Crippen molar-refractivity contribution in [1.82, 2.24) is 0 Å². The van der Waals surface area contributed by atoms with Gasteiger partial charge >= 0.3 is 5.97 Å². The second-order valence-electron chi connectivity index (χ2n) is 12.6. The van der Waals surface area contributed by atoms with Crippen LogP contribution in [-0.4, -0.2) is 23.5 Å². The largest absolute Gasteiger partial charge is 0.494 e. The molecule has 0 aromatic heterocycles. The fraction of sp³-hybridized carbons (Fsp3) is 0.828. The highest BCUT2D eigenvalue weighted by atomic mass is 79.9. The number of rotatable bonds is 5. The summed E-state index contributed by atoms with van der Waals surface area (Å²) in [7, 11) is 0. The normalized spacial score (nSPS) is 44.7. The molecule has 0 saturated heterocycles. The predicted octanol–water partition coefficient (Wildman–Crippen LogP) is 7.59. The van der Waals surface area contributed by atoms with Gasteiger partial charge in [0.15, 0.2) is 0 Å². The molecule has 0 amide bonds. The zero-order chi connectivity index (χ0) is 23.5. The van der Waals surface area contributed by atoms with Crippen LogP contribution in [0.3, 0.4) is 0 Å². The van der Waals surface area contributed by atoms with Crippen LogP contribution in [0.5, 0.6) is 0 Å². The lowest BCUT2D eigenvalue weighted by Crippen LogP contribution is -2.50. The van der Waals surface area contributed by atoms with Gasteiger partial charge in [-0.2, -0.15) is 0 Å². The van der Waals surface area contributed by atoms with Gasteiger partial charge in [0.25, 0.3) is 0 Å². The fourth-order valence-electron chi connectivity index (χ4n) is 9.00. The molecule has 33 heavy (non-hydrogen) atoms. The highest BCUT2D eigenvalue weighted by Crippen LogP contribution is 2.69. The van der Waals surface area contributed by atoms with E-state index in [0.29, 0.717) is 28.8 Å². The third-order valence-electron chi connectivity index (χ3n) is 10.7. The lowest BCUT2D eigenvalue weighted by molar-refractivity contribution is -0.148. The number of hydrogen-bond acceptors (Lipinski definition) is 3. The first-order valence-electron chi connectivity index (χ1n) is 13.5. The zero-order valence-electron chi connectivity index (χ0n) is 21.3. The van der Waals surface area contributed by atoms with Crippen LogP contribution in [0.15, 0.2) is 23.0 Å². The monoisotopic (exact) mass is 518 g/mol.